The van der Waals surface area contributed by atoms with E-state index in [1.807, 2.05) is 48.5 Å². The average Bonchev–Trinajstić information content (AvgIpc) is 3.31. The summed E-state index contributed by atoms with van der Waals surface area (Å²) >= 11 is 0. The molecule has 0 radical (unpaired) electrons. The minimum Gasteiger partial charge on any atom is -0.493 e. The van der Waals surface area contributed by atoms with Crippen molar-refractivity contribution in [3.8, 4) is 22.6 Å². The van der Waals surface area contributed by atoms with Gasteiger partial charge in [0.1, 0.15) is 0 Å². The van der Waals surface area contributed by atoms with Crippen molar-refractivity contribution in [1.82, 2.24) is 20.2 Å². The summed E-state index contributed by atoms with van der Waals surface area (Å²) in [5.74, 6) is 1.42. The van der Waals surface area contributed by atoms with Crippen LogP contribution >= 0.6 is 0 Å². The van der Waals surface area contributed by atoms with Crippen LogP contribution in [0.4, 0.5) is 10.7 Å². The third-order valence-corrected chi connectivity index (χ3v) is 5.88. The predicted molar refractivity (Wildman–Crippen MR) is 136 cm³/mol. The van der Waals surface area contributed by atoms with Crippen molar-refractivity contribution >= 4 is 33.8 Å². The van der Waals surface area contributed by atoms with E-state index >= 15 is 0 Å². The molecule has 0 saturated heterocycles. The molecule has 0 aliphatic heterocycles. The van der Waals surface area contributed by atoms with Gasteiger partial charge in [0, 0.05) is 17.4 Å². The second-order valence-electron chi connectivity index (χ2n) is 8.03. The second kappa shape index (κ2) is 9.41. The lowest BCUT2D eigenvalue weighted by Crippen LogP contribution is -2.11. The number of aromatic nitrogens is 4. The maximum Gasteiger partial charge on any atom is 0.413 e. The Morgan fingerprint density at radius 2 is 1.81 bits per heavy atom. The van der Waals surface area contributed by atoms with Crippen molar-refractivity contribution in [2.45, 2.75) is 6.42 Å². The van der Waals surface area contributed by atoms with E-state index in [9.17, 15) is 9.59 Å². The largest absolute Gasteiger partial charge is 0.493 e. The zero-order valence-electron chi connectivity index (χ0n) is 19.8. The molecular formula is C26H23N5O5. The Balaban J connectivity index is 1.59. The number of ether oxygens (including phenoxy) is 3. The summed E-state index contributed by atoms with van der Waals surface area (Å²) < 4.78 is 16.0. The van der Waals surface area contributed by atoms with E-state index in [2.05, 4.69) is 30.2 Å². The van der Waals surface area contributed by atoms with Gasteiger partial charge in [0.05, 0.1) is 43.4 Å². The van der Waals surface area contributed by atoms with E-state index in [1.165, 1.54) is 7.11 Å². The highest BCUT2D eigenvalue weighted by Crippen LogP contribution is 2.40. The topological polar surface area (TPSA) is 131 Å². The number of nitrogens with zero attached hydrogens (tertiary/aromatic N) is 2. The van der Waals surface area contributed by atoms with Crippen LogP contribution in [0.3, 0.4) is 0 Å². The maximum atomic E-state index is 12.2. The number of carbonyl (C=O) groups is 1. The summed E-state index contributed by atoms with van der Waals surface area (Å²) in [7, 11) is 4.46. The fourth-order valence-electron chi connectivity index (χ4n) is 4.22. The molecule has 10 heteroatoms. The lowest BCUT2D eigenvalue weighted by atomic mass is 9.97. The van der Waals surface area contributed by atoms with Gasteiger partial charge in [-0.05, 0) is 41.5 Å². The molecule has 0 unspecified atom stereocenters. The molecular weight excluding hydrogens is 462 g/mol. The Labute approximate surface area is 205 Å². The van der Waals surface area contributed by atoms with Gasteiger partial charge in [-0.25, -0.2) is 14.9 Å². The zero-order chi connectivity index (χ0) is 25.2. The van der Waals surface area contributed by atoms with Gasteiger partial charge in [-0.2, -0.15) is 5.10 Å². The molecule has 3 N–H and O–H groups in total. The molecule has 0 aliphatic rings. The van der Waals surface area contributed by atoms with Gasteiger partial charge >= 0.3 is 6.09 Å². The number of hydrogen-bond donors (Lipinski definition) is 3. The Morgan fingerprint density at radius 3 is 2.56 bits per heavy atom. The van der Waals surface area contributed by atoms with Crippen molar-refractivity contribution in [3.05, 3.63) is 76.2 Å². The molecule has 2 heterocycles. The first kappa shape index (κ1) is 22.9. The average molecular weight is 486 g/mol. The van der Waals surface area contributed by atoms with Gasteiger partial charge in [-0.3, -0.25) is 10.1 Å². The molecule has 1 amide bonds. The first-order valence-corrected chi connectivity index (χ1v) is 11.1. The number of anilines is 1. The second-order valence-corrected chi connectivity index (χ2v) is 8.03. The lowest BCUT2D eigenvalue weighted by molar-refractivity contribution is 0.186. The van der Waals surface area contributed by atoms with Gasteiger partial charge in [0.15, 0.2) is 11.5 Å². The minimum absolute atomic E-state index is 0.226. The van der Waals surface area contributed by atoms with Crippen molar-refractivity contribution in [2.75, 3.05) is 26.6 Å². The summed E-state index contributed by atoms with van der Waals surface area (Å²) in [5, 5.41) is 10.8. The molecule has 3 aromatic carbocycles. The summed E-state index contributed by atoms with van der Waals surface area (Å²) in [6.45, 7) is 0. The predicted octanol–water partition coefficient (Wildman–Crippen LogP) is 4.25. The summed E-state index contributed by atoms with van der Waals surface area (Å²) in [4.78, 5) is 31.2. The monoisotopic (exact) mass is 485 g/mol. The Bertz CT molecular complexity index is 1660. The zero-order valence-corrected chi connectivity index (χ0v) is 19.8. The van der Waals surface area contributed by atoms with Crippen molar-refractivity contribution in [3.63, 3.8) is 0 Å². The van der Waals surface area contributed by atoms with E-state index in [0.717, 1.165) is 33.3 Å². The van der Waals surface area contributed by atoms with E-state index in [0.29, 0.717) is 28.8 Å². The number of H-pyrrole nitrogens is 2. The number of methoxy groups -OCH3 is 3. The highest BCUT2D eigenvalue weighted by atomic mass is 16.5. The van der Waals surface area contributed by atoms with Crippen molar-refractivity contribution < 1.29 is 19.0 Å². The number of benzene rings is 3. The van der Waals surface area contributed by atoms with Crippen molar-refractivity contribution in [1.29, 1.82) is 0 Å². The van der Waals surface area contributed by atoms with Crippen LogP contribution < -0.4 is 20.3 Å². The molecule has 2 aromatic heterocycles. The van der Waals surface area contributed by atoms with E-state index in [4.69, 9.17) is 9.47 Å². The smallest absolute Gasteiger partial charge is 0.413 e. The number of carbonyl (C=O) groups excluding carboxylic acids is 1. The maximum absolute atomic E-state index is 12.2. The van der Waals surface area contributed by atoms with Gasteiger partial charge in [-0.1, -0.05) is 24.3 Å². The fraction of sp³-hybridized carbons (Fsp3) is 0.154. The summed E-state index contributed by atoms with van der Waals surface area (Å²) in [5.41, 5.74) is 4.49. The van der Waals surface area contributed by atoms with Gasteiger partial charge in [0.25, 0.3) is 5.56 Å². The molecule has 5 aromatic rings. The number of nitrogens with one attached hydrogen (secondary N) is 3. The number of hydrogen-bond acceptors (Lipinski definition) is 7. The van der Waals surface area contributed by atoms with Crippen LogP contribution in [0, 0.1) is 0 Å². The third kappa shape index (κ3) is 4.20. The van der Waals surface area contributed by atoms with E-state index < -0.39 is 6.09 Å². The van der Waals surface area contributed by atoms with Crippen LogP contribution in [-0.4, -0.2) is 47.6 Å². The molecule has 10 nitrogen and oxygen atoms in total. The van der Waals surface area contributed by atoms with Crippen LogP contribution in [-0.2, 0) is 11.2 Å². The van der Waals surface area contributed by atoms with Gasteiger partial charge in [0.2, 0.25) is 5.95 Å². The Kier molecular flexibility index (Phi) is 5.99. The van der Waals surface area contributed by atoms with Crippen LogP contribution in [0.2, 0.25) is 0 Å². The van der Waals surface area contributed by atoms with Crippen molar-refractivity contribution in [2.24, 2.45) is 0 Å². The minimum atomic E-state index is -0.614. The molecule has 0 spiro atoms. The third-order valence-electron chi connectivity index (χ3n) is 5.88. The lowest BCUT2D eigenvalue weighted by Gasteiger charge is -2.16. The highest BCUT2D eigenvalue weighted by molar-refractivity contribution is 5.89. The number of amides is 1. The Hall–Kier alpha value is -4.86. The molecule has 36 heavy (non-hydrogen) atoms. The quantitative estimate of drug-likeness (QED) is 0.328. The highest BCUT2D eigenvalue weighted by Gasteiger charge is 2.17. The first-order valence-electron chi connectivity index (χ1n) is 11.1. The molecule has 0 bridgehead atoms. The summed E-state index contributed by atoms with van der Waals surface area (Å²) in [6, 6.07) is 17.0. The first-order chi connectivity index (χ1) is 17.5. The van der Waals surface area contributed by atoms with E-state index in [-0.39, 0.29) is 11.5 Å². The Morgan fingerprint density at radius 1 is 1.00 bits per heavy atom. The SMILES string of the molecule is COC(=O)Nc1nc2ccc(-c3cc(Cc4n[nH]c(=O)c5ccccc45)cc(OC)c3OC)cc2[nH]1. The van der Waals surface area contributed by atoms with Gasteiger partial charge < -0.3 is 19.2 Å². The molecule has 0 saturated carbocycles. The number of rotatable bonds is 6. The normalized spacial score (nSPS) is 11.0. The molecule has 0 fully saturated rings. The van der Waals surface area contributed by atoms with Crippen LogP contribution in [0.15, 0.2) is 59.4 Å². The number of aromatic amines is 2. The van der Waals surface area contributed by atoms with Crippen LogP contribution in [0.1, 0.15) is 11.3 Å². The summed E-state index contributed by atoms with van der Waals surface area (Å²) in [6.07, 6.45) is -0.152. The van der Waals surface area contributed by atoms with Gasteiger partial charge in [-0.15, -0.1) is 0 Å². The van der Waals surface area contributed by atoms with E-state index in [1.54, 1.807) is 20.3 Å². The number of fused-ring (bicyclic) bond motifs is 2. The molecule has 0 atom stereocenters. The molecule has 5 rings (SSSR count). The molecule has 182 valence electrons. The van der Waals surface area contributed by atoms with Crippen LogP contribution in [0.5, 0.6) is 11.5 Å². The standard InChI is InChI=1S/C26H23N5O5/c1-34-22-12-14(11-20-16-6-4-5-7-17(16)24(32)31-30-20)10-18(23(22)35-2)15-8-9-19-21(13-15)28-25(27-19)29-26(33)36-3/h4-10,12-13H,11H2,1-3H3,(H,31,32)(H2,27,28,29,33). The molecule has 0 aliphatic carbocycles. The number of imidazole rings is 1. The van der Waals surface area contributed by atoms with Crippen LogP contribution in [0.25, 0.3) is 32.9 Å². The fourth-order valence-corrected chi connectivity index (χ4v) is 4.22.